The number of esters is 1. The van der Waals surface area contributed by atoms with Gasteiger partial charge in [0.05, 0.1) is 13.4 Å². The van der Waals surface area contributed by atoms with Crippen LogP contribution in [0.25, 0.3) is 22.1 Å². The number of furan rings is 1. The molecule has 3 fully saturated rings. The molecule has 41 heavy (non-hydrogen) atoms. The van der Waals surface area contributed by atoms with Crippen molar-refractivity contribution in [2.45, 2.75) is 30.8 Å². The highest BCUT2D eigenvalue weighted by Crippen LogP contribution is 2.36. The molecule has 4 aliphatic rings. The molecule has 3 aromatic rings. The van der Waals surface area contributed by atoms with Crippen LogP contribution in [0.1, 0.15) is 24.8 Å². The monoisotopic (exact) mass is 555 g/mol. The molecule has 0 saturated carbocycles. The molecule has 2 aromatic carbocycles. The second kappa shape index (κ2) is 10.0. The summed E-state index contributed by atoms with van der Waals surface area (Å²) in [7, 11) is 1.32. The van der Waals surface area contributed by atoms with Gasteiger partial charge in [0, 0.05) is 50.2 Å². The summed E-state index contributed by atoms with van der Waals surface area (Å²) in [6.45, 7) is 3.64. The van der Waals surface area contributed by atoms with Gasteiger partial charge in [-0.1, -0.05) is 30.3 Å². The van der Waals surface area contributed by atoms with E-state index in [0.717, 1.165) is 60.0 Å². The number of fused-ring (bicyclic) bond motifs is 1. The first kappa shape index (κ1) is 25.8. The van der Waals surface area contributed by atoms with E-state index in [-0.39, 0.29) is 24.4 Å². The van der Waals surface area contributed by atoms with Crippen molar-refractivity contribution in [2.24, 2.45) is 10.9 Å². The van der Waals surface area contributed by atoms with Gasteiger partial charge in [-0.05, 0) is 54.5 Å². The average molecular weight is 556 g/mol. The molecule has 10 heteroatoms. The van der Waals surface area contributed by atoms with Gasteiger partial charge in [0.15, 0.2) is 5.54 Å². The largest absolute Gasteiger partial charge is 0.468 e. The van der Waals surface area contributed by atoms with Crippen LogP contribution in [0.2, 0.25) is 0 Å². The zero-order valence-corrected chi connectivity index (χ0v) is 23.0. The van der Waals surface area contributed by atoms with E-state index in [9.17, 15) is 14.4 Å². The fourth-order valence-electron chi connectivity index (χ4n) is 6.59. The molecular weight excluding hydrogens is 522 g/mol. The number of hydrogen-bond donors (Lipinski definition) is 1. The molecule has 0 bridgehead atoms. The maximum atomic E-state index is 14.0. The summed E-state index contributed by atoms with van der Waals surface area (Å²) < 4.78 is 10.5. The molecule has 10 nitrogen and oxygen atoms in total. The maximum Gasteiger partial charge on any atom is 0.326 e. The number of hydrogen-bond acceptors (Lipinski definition) is 7. The summed E-state index contributed by atoms with van der Waals surface area (Å²) in [6.07, 6.45) is 4.61. The van der Waals surface area contributed by atoms with Crippen LogP contribution in [0, 0.1) is 5.92 Å². The Balaban J connectivity index is 1.15. The number of amides is 3. The van der Waals surface area contributed by atoms with Crippen LogP contribution in [0.15, 0.2) is 64.2 Å². The van der Waals surface area contributed by atoms with Gasteiger partial charge in [0.2, 0.25) is 0 Å². The lowest BCUT2D eigenvalue weighted by molar-refractivity contribution is -0.153. The third-order valence-electron chi connectivity index (χ3n) is 8.97. The van der Waals surface area contributed by atoms with E-state index < -0.39 is 17.6 Å². The van der Waals surface area contributed by atoms with Gasteiger partial charge >= 0.3 is 12.0 Å². The molecular formula is C31H33N5O5. The number of nitrogens with one attached hydrogen (secondary N) is 1. The van der Waals surface area contributed by atoms with Crippen molar-refractivity contribution < 1.29 is 23.5 Å². The Morgan fingerprint density at radius 1 is 1.02 bits per heavy atom. The summed E-state index contributed by atoms with van der Waals surface area (Å²) in [4.78, 5) is 50.0. The highest BCUT2D eigenvalue weighted by Gasteiger charge is 2.62. The number of ether oxygens (including phenoxy) is 1. The molecule has 0 radical (unpaired) electrons. The number of likely N-dealkylation sites (tertiary alicyclic amines) is 2. The van der Waals surface area contributed by atoms with Gasteiger partial charge in [-0.25, -0.2) is 9.79 Å². The predicted octanol–water partition coefficient (Wildman–Crippen LogP) is 3.11. The van der Waals surface area contributed by atoms with E-state index >= 15 is 0 Å². The number of nitrogens with zero attached hydrogens (tertiary/aromatic N) is 4. The second-order valence-electron chi connectivity index (χ2n) is 11.4. The van der Waals surface area contributed by atoms with Crippen molar-refractivity contribution in [3.8, 4) is 11.1 Å². The third-order valence-corrected chi connectivity index (χ3v) is 8.97. The summed E-state index contributed by atoms with van der Waals surface area (Å²) in [5, 5.41) is 4.08. The van der Waals surface area contributed by atoms with Gasteiger partial charge in [-0.3, -0.25) is 19.8 Å². The molecule has 212 valence electrons. The fraction of sp³-hybridized carbons (Fsp3) is 0.419. The highest BCUT2D eigenvalue weighted by atomic mass is 16.5. The summed E-state index contributed by atoms with van der Waals surface area (Å²) in [6, 6.07) is 15.3. The molecule has 1 aromatic heterocycles. The minimum Gasteiger partial charge on any atom is -0.468 e. The average Bonchev–Trinajstić information content (AvgIpc) is 3.80. The van der Waals surface area contributed by atoms with E-state index in [4.69, 9.17) is 14.1 Å². The molecule has 7 rings (SSSR count). The van der Waals surface area contributed by atoms with Gasteiger partial charge in [0.1, 0.15) is 17.5 Å². The van der Waals surface area contributed by atoms with Crippen LogP contribution in [0.3, 0.4) is 0 Å². The van der Waals surface area contributed by atoms with Crippen LogP contribution in [-0.4, -0.2) is 96.4 Å². The number of amidine groups is 1. The first-order chi connectivity index (χ1) is 20.0. The van der Waals surface area contributed by atoms with Crippen LogP contribution < -0.4 is 5.32 Å². The number of aliphatic imine (C=N–C) groups is 1. The summed E-state index contributed by atoms with van der Waals surface area (Å²) >= 11 is 0. The third kappa shape index (κ3) is 4.28. The number of methoxy groups -OCH3 is 1. The van der Waals surface area contributed by atoms with E-state index in [1.165, 1.54) is 7.11 Å². The molecule has 2 unspecified atom stereocenters. The Kier molecular flexibility index (Phi) is 6.30. The Hall–Kier alpha value is -4.18. The molecule has 1 spiro atoms. The smallest absolute Gasteiger partial charge is 0.326 e. The molecule has 4 aliphatic heterocycles. The molecule has 3 amide bonds. The van der Waals surface area contributed by atoms with Gasteiger partial charge in [-0.15, -0.1) is 0 Å². The Morgan fingerprint density at radius 2 is 1.78 bits per heavy atom. The van der Waals surface area contributed by atoms with Gasteiger partial charge in [-0.2, -0.15) is 0 Å². The van der Waals surface area contributed by atoms with E-state index in [1.54, 1.807) is 11.2 Å². The SMILES string of the molecule is COC(=O)C1NCC12N=C(c1ccc(-c3ccc4occc4c3)cc1)N(C[C@@H]1CCN(C(=O)N3CCCC3)C1)C2=O. The van der Waals surface area contributed by atoms with Crippen molar-refractivity contribution in [3.63, 3.8) is 0 Å². The van der Waals surface area contributed by atoms with Crippen molar-refractivity contribution in [3.05, 3.63) is 60.4 Å². The van der Waals surface area contributed by atoms with Crippen LogP contribution >= 0.6 is 0 Å². The lowest BCUT2D eigenvalue weighted by Crippen LogP contribution is -2.74. The summed E-state index contributed by atoms with van der Waals surface area (Å²) in [5.41, 5.74) is 2.53. The molecule has 0 aliphatic carbocycles. The standard InChI is InChI=1S/C31H33N5O5/c1-40-28(37)26-31(19-32-26)29(38)36(18-20-10-14-35(17-20)30(39)34-12-2-3-13-34)27(33-31)22-6-4-21(5-7-22)23-8-9-25-24(16-23)11-15-41-25/h4-9,11,15-16,20,26,32H,2-3,10,12-14,17-19H2,1H3/t20-,26?,31?/m1/s1. The maximum absolute atomic E-state index is 14.0. The zero-order chi connectivity index (χ0) is 28.1. The first-order valence-electron chi connectivity index (χ1n) is 14.3. The Morgan fingerprint density at radius 3 is 2.51 bits per heavy atom. The number of benzene rings is 2. The normalized spacial score (nSPS) is 25.7. The zero-order valence-electron chi connectivity index (χ0n) is 23.0. The molecule has 3 saturated heterocycles. The minimum atomic E-state index is -1.21. The van der Waals surface area contributed by atoms with E-state index in [2.05, 4.69) is 11.4 Å². The molecule has 3 atom stereocenters. The minimum absolute atomic E-state index is 0.0984. The molecule has 5 heterocycles. The second-order valence-corrected chi connectivity index (χ2v) is 11.4. The van der Waals surface area contributed by atoms with E-state index in [1.807, 2.05) is 52.3 Å². The van der Waals surface area contributed by atoms with Crippen molar-refractivity contribution in [1.29, 1.82) is 0 Å². The van der Waals surface area contributed by atoms with Crippen molar-refractivity contribution in [1.82, 2.24) is 20.0 Å². The topological polar surface area (TPSA) is 108 Å². The number of urea groups is 1. The van der Waals surface area contributed by atoms with Crippen molar-refractivity contribution in [2.75, 3.05) is 46.4 Å². The lowest BCUT2D eigenvalue weighted by Gasteiger charge is -2.41. The predicted molar refractivity (Wildman–Crippen MR) is 152 cm³/mol. The Labute approximate surface area is 237 Å². The quantitative estimate of drug-likeness (QED) is 0.485. The van der Waals surface area contributed by atoms with Gasteiger partial charge < -0.3 is 19.0 Å². The van der Waals surface area contributed by atoms with Crippen LogP contribution in [-0.2, 0) is 14.3 Å². The number of carbonyl (C=O) groups is 3. The highest BCUT2D eigenvalue weighted by molar-refractivity contribution is 6.17. The van der Waals surface area contributed by atoms with Gasteiger partial charge in [0.25, 0.3) is 5.91 Å². The summed E-state index contributed by atoms with van der Waals surface area (Å²) in [5.74, 6) is -0.00812. The number of rotatable bonds is 5. The van der Waals surface area contributed by atoms with E-state index in [0.29, 0.717) is 25.5 Å². The number of carbonyl (C=O) groups excluding carboxylic acids is 3. The molecule has 1 N–H and O–H groups in total. The van der Waals surface area contributed by atoms with Crippen LogP contribution in [0.4, 0.5) is 4.79 Å². The van der Waals surface area contributed by atoms with Crippen LogP contribution in [0.5, 0.6) is 0 Å². The van der Waals surface area contributed by atoms with Crippen molar-refractivity contribution >= 4 is 34.7 Å². The Bertz CT molecular complexity index is 1540. The first-order valence-corrected chi connectivity index (χ1v) is 14.3. The fourth-order valence-corrected chi connectivity index (χ4v) is 6.59. The lowest BCUT2D eigenvalue weighted by atomic mass is 9.82.